The van der Waals surface area contributed by atoms with Crippen LogP contribution in [0.5, 0.6) is 0 Å². The molecular formula is C21H21BrN4O3. The quantitative estimate of drug-likeness (QED) is 0.673. The number of aliphatic imine (C=N–C) groups is 2. The molecule has 1 aromatic carbocycles. The van der Waals surface area contributed by atoms with Gasteiger partial charge in [0.15, 0.2) is 0 Å². The fourth-order valence-electron chi connectivity index (χ4n) is 2.92. The Hall–Kier alpha value is -2.87. The van der Waals surface area contributed by atoms with E-state index in [1.165, 1.54) is 14.0 Å². The van der Waals surface area contributed by atoms with Gasteiger partial charge in [-0.05, 0) is 43.7 Å². The first-order valence-electron chi connectivity index (χ1n) is 9.15. The standard InChI is InChI=1S/C21H21BrN4O3/c1-13(27)12-24-21-18(8-9-19(28)29-2)25-20(17-5-3-4-10-23-17)15-11-14(22)6-7-16(15)26-21/h3-7,10-11,18H,8-9,12H2,1-2H3,(H,24,26)/t18-/m0/s1. The molecule has 0 fully saturated rings. The van der Waals surface area contributed by atoms with E-state index >= 15 is 0 Å². The van der Waals surface area contributed by atoms with Crippen LogP contribution in [0.3, 0.4) is 0 Å². The zero-order valence-electron chi connectivity index (χ0n) is 16.2. The van der Waals surface area contributed by atoms with Crippen molar-refractivity contribution in [3.05, 3.63) is 58.3 Å². The minimum atomic E-state index is -0.448. The number of halogens is 1. The Morgan fingerprint density at radius 2 is 2.07 bits per heavy atom. The maximum Gasteiger partial charge on any atom is 0.305 e. The molecule has 29 heavy (non-hydrogen) atoms. The Balaban J connectivity index is 2.10. The first-order chi connectivity index (χ1) is 14.0. The minimum absolute atomic E-state index is 0.0198. The number of carbonyl (C=O) groups is 2. The van der Waals surface area contributed by atoms with Crippen LogP contribution in [0, 0.1) is 0 Å². The molecule has 0 spiro atoms. The molecule has 7 nitrogen and oxygen atoms in total. The lowest BCUT2D eigenvalue weighted by molar-refractivity contribution is -0.140. The van der Waals surface area contributed by atoms with Gasteiger partial charge in [-0.25, -0.2) is 4.99 Å². The van der Waals surface area contributed by atoms with Gasteiger partial charge in [-0.3, -0.25) is 19.6 Å². The topological polar surface area (TPSA) is 93.0 Å². The summed E-state index contributed by atoms with van der Waals surface area (Å²) in [6, 6.07) is 10.9. The van der Waals surface area contributed by atoms with E-state index in [-0.39, 0.29) is 24.7 Å². The number of amidine groups is 1. The predicted octanol–water partition coefficient (Wildman–Crippen LogP) is 3.23. The molecule has 1 aliphatic heterocycles. The van der Waals surface area contributed by atoms with Crippen molar-refractivity contribution in [3.8, 4) is 0 Å². The summed E-state index contributed by atoms with van der Waals surface area (Å²) in [6.45, 7) is 1.63. The highest BCUT2D eigenvalue weighted by molar-refractivity contribution is 9.10. The Morgan fingerprint density at radius 1 is 1.24 bits per heavy atom. The summed E-state index contributed by atoms with van der Waals surface area (Å²) in [7, 11) is 1.36. The number of ketones is 1. The summed E-state index contributed by atoms with van der Waals surface area (Å²) in [5.41, 5.74) is 2.92. The van der Waals surface area contributed by atoms with E-state index in [0.29, 0.717) is 29.3 Å². The molecule has 1 N–H and O–H groups in total. The number of benzene rings is 1. The number of methoxy groups -OCH3 is 1. The van der Waals surface area contributed by atoms with E-state index < -0.39 is 6.04 Å². The number of esters is 1. The lowest BCUT2D eigenvalue weighted by Crippen LogP contribution is -2.37. The monoisotopic (exact) mass is 456 g/mol. The summed E-state index contributed by atoms with van der Waals surface area (Å²) < 4.78 is 5.66. The molecule has 2 heterocycles. The molecule has 0 saturated carbocycles. The van der Waals surface area contributed by atoms with Crippen LogP contribution in [0.15, 0.2) is 57.1 Å². The summed E-state index contributed by atoms with van der Waals surface area (Å²) >= 11 is 3.51. The number of Topliss-reactive ketones (excluding diaryl/α,β-unsaturated/α-hetero) is 1. The highest BCUT2D eigenvalue weighted by Crippen LogP contribution is 2.30. The number of carbonyl (C=O) groups excluding carboxylic acids is 2. The number of hydrogen-bond donors (Lipinski definition) is 1. The van der Waals surface area contributed by atoms with E-state index in [1.54, 1.807) is 6.20 Å². The van der Waals surface area contributed by atoms with Crippen LogP contribution in [0.25, 0.3) is 0 Å². The Kier molecular flexibility index (Phi) is 6.87. The third kappa shape index (κ3) is 5.35. The Labute approximate surface area is 177 Å². The van der Waals surface area contributed by atoms with Gasteiger partial charge in [0.2, 0.25) is 0 Å². The molecule has 0 unspecified atom stereocenters. The molecule has 8 heteroatoms. The second-order valence-electron chi connectivity index (χ2n) is 6.54. The van der Waals surface area contributed by atoms with Crippen molar-refractivity contribution in [2.75, 3.05) is 13.7 Å². The molecule has 150 valence electrons. The smallest absolute Gasteiger partial charge is 0.305 e. The number of nitrogens with zero attached hydrogens (tertiary/aromatic N) is 3. The molecule has 1 aliphatic rings. The van der Waals surface area contributed by atoms with Gasteiger partial charge in [-0.2, -0.15) is 0 Å². The van der Waals surface area contributed by atoms with E-state index in [2.05, 4.69) is 26.2 Å². The zero-order chi connectivity index (χ0) is 20.8. The number of aromatic nitrogens is 1. The average Bonchev–Trinajstić information content (AvgIpc) is 2.87. The Morgan fingerprint density at radius 3 is 2.76 bits per heavy atom. The average molecular weight is 457 g/mol. The summed E-state index contributed by atoms with van der Waals surface area (Å²) in [6.07, 6.45) is 2.28. The number of rotatable bonds is 6. The summed E-state index contributed by atoms with van der Waals surface area (Å²) in [5.74, 6) is 0.197. The molecule has 0 amide bonds. The molecular weight excluding hydrogens is 436 g/mol. The van der Waals surface area contributed by atoms with Gasteiger partial charge < -0.3 is 10.1 Å². The number of pyridine rings is 1. The van der Waals surface area contributed by atoms with Crippen LogP contribution >= 0.6 is 15.9 Å². The lowest BCUT2D eigenvalue weighted by Gasteiger charge is -2.16. The van der Waals surface area contributed by atoms with Crippen LogP contribution in [-0.4, -0.2) is 48.0 Å². The van der Waals surface area contributed by atoms with Crippen molar-refractivity contribution >= 4 is 44.9 Å². The van der Waals surface area contributed by atoms with E-state index in [1.807, 2.05) is 36.4 Å². The molecule has 3 rings (SSSR count). The Bertz CT molecular complexity index is 973. The summed E-state index contributed by atoms with van der Waals surface area (Å²) in [5, 5.41) is 3.09. The van der Waals surface area contributed by atoms with Gasteiger partial charge in [0.1, 0.15) is 17.7 Å². The van der Waals surface area contributed by atoms with Crippen molar-refractivity contribution < 1.29 is 14.3 Å². The first kappa shape index (κ1) is 20.9. The molecule has 0 radical (unpaired) electrons. The highest BCUT2D eigenvalue weighted by Gasteiger charge is 2.25. The fraction of sp³-hybridized carbons (Fsp3) is 0.286. The van der Waals surface area contributed by atoms with Crippen LogP contribution in [-0.2, 0) is 14.3 Å². The number of ether oxygens (including phenoxy) is 1. The van der Waals surface area contributed by atoms with Gasteiger partial charge in [0.05, 0.1) is 30.7 Å². The van der Waals surface area contributed by atoms with Crippen LogP contribution < -0.4 is 5.32 Å². The molecule has 2 aromatic rings. The van der Waals surface area contributed by atoms with Crippen molar-refractivity contribution in [2.45, 2.75) is 25.8 Å². The second kappa shape index (κ2) is 9.56. The third-order valence-corrected chi connectivity index (χ3v) is 4.82. The van der Waals surface area contributed by atoms with Crippen molar-refractivity contribution in [3.63, 3.8) is 0 Å². The van der Waals surface area contributed by atoms with Gasteiger partial charge in [-0.1, -0.05) is 22.0 Å². The maximum absolute atomic E-state index is 11.7. The lowest BCUT2D eigenvalue weighted by atomic mass is 10.0. The third-order valence-electron chi connectivity index (χ3n) is 4.33. The zero-order valence-corrected chi connectivity index (χ0v) is 17.8. The largest absolute Gasteiger partial charge is 0.469 e. The first-order valence-corrected chi connectivity index (χ1v) is 9.95. The fourth-order valence-corrected chi connectivity index (χ4v) is 3.28. The maximum atomic E-state index is 11.7. The van der Waals surface area contributed by atoms with E-state index in [4.69, 9.17) is 14.7 Å². The van der Waals surface area contributed by atoms with E-state index in [0.717, 1.165) is 10.0 Å². The number of nitrogens with one attached hydrogen (secondary N) is 1. The summed E-state index contributed by atoms with van der Waals surface area (Å²) in [4.78, 5) is 37.4. The second-order valence-corrected chi connectivity index (χ2v) is 7.45. The van der Waals surface area contributed by atoms with Gasteiger partial charge in [0.25, 0.3) is 0 Å². The van der Waals surface area contributed by atoms with Crippen LogP contribution in [0.4, 0.5) is 5.69 Å². The molecule has 1 atom stereocenters. The normalized spacial score (nSPS) is 15.5. The molecule has 1 aromatic heterocycles. The van der Waals surface area contributed by atoms with Crippen LogP contribution in [0.2, 0.25) is 0 Å². The number of fused-ring (bicyclic) bond motifs is 1. The minimum Gasteiger partial charge on any atom is -0.469 e. The van der Waals surface area contributed by atoms with Gasteiger partial charge in [0, 0.05) is 22.7 Å². The molecule has 0 aliphatic carbocycles. The SMILES string of the molecule is COC(=O)CC[C@@H]1N=C(c2ccccn2)c2cc(Br)ccc2N=C1NCC(C)=O. The van der Waals surface area contributed by atoms with Crippen molar-refractivity contribution in [2.24, 2.45) is 9.98 Å². The molecule has 0 saturated heterocycles. The predicted molar refractivity (Wildman–Crippen MR) is 115 cm³/mol. The van der Waals surface area contributed by atoms with Crippen LogP contribution in [0.1, 0.15) is 31.0 Å². The number of hydrogen-bond acceptors (Lipinski definition) is 7. The van der Waals surface area contributed by atoms with Gasteiger partial charge in [-0.15, -0.1) is 0 Å². The molecule has 0 bridgehead atoms. The van der Waals surface area contributed by atoms with E-state index in [9.17, 15) is 9.59 Å². The van der Waals surface area contributed by atoms with Crippen molar-refractivity contribution in [1.29, 1.82) is 0 Å². The van der Waals surface area contributed by atoms with Crippen molar-refractivity contribution in [1.82, 2.24) is 10.3 Å². The van der Waals surface area contributed by atoms with Gasteiger partial charge >= 0.3 is 5.97 Å². The highest BCUT2D eigenvalue weighted by atomic mass is 79.9.